The summed E-state index contributed by atoms with van der Waals surface area (Å²) >= 11 is 1.36. The second kappa shape index (κ2) is 7.08. The summed E-state index contributed by atoms with van der Waals surface area (Å²) in [5.41, 5.74) is 0.0518. The minimum Gasteiger partial charge on any atom is -0.319 e. The number of halogens is 1. The van der Waals surface area contributed by atoms with Crippen LogP contribution in [0.2, 0.25) is 0 Å². The third-order valence-electron chi connectivity index (χ3n) is 5.44. The lowest BCUT2D eigenvalue weighted by Gasteiger charge is -2.25. The van der Waals surface area contributed by atoms with Gasteiger partial charge in [0.25, 0.3) is 5.91 Å². The van der Waals surface area contributed by atoms with E-state index in [-0.39, 0.29) is 18.7 Å². The van der Waals surface area contributed by atoms with Crippen LogP contribution in [0.25, 0.3) is 10.1 Å². The first-order valence-corrected chi connectivity index (χ1v) is 10.1. The number of Topliss-reactive ketones (excluding diaryl/α,β-unsaturated/α-hetero) is 1. The number of benzene rings is 2. The van der Waals surface area contributed by atoms with E-state index in [0.29, 0.717) is 10.4 Å². The number of nitrogens with one attached hydrogen (secondary N) is 1. The molecule has 2 heterocycles. The second-order valence-electron chi connectivity index (χ2n) is 7.06. The van der Waals surface area contributed by atoms with Crippen molar-refractivity contribution in [3.8, 4) is 0 Å². The summed E-state index contributed by atoms with van der Waals surface area (Å²) in [5.74, 6) is -1.20. The van der Waals surface area contributed by atoms with E-state index in [1.54, 1.807) is 6.92 Å². The van der Waals surface area contributed by atoms with Gasteiger partial charge in [0, 0.05) is 4.70 Å². The van der Waals surface area contributed by atoms with E-state index in [1.807, 2.05) is 31.2 Å². The highest BCUT2D eigenvalue weighted by Crippen LogP contribution is 2.34. The van der Waals surface area contributed by atoms with Crippen LogP contribution < -0.4 is 5.32 Å². The number of carbonyl (C=O) groups excluding carboxylic acids is 3. The van der Waals surface area contributed by atoms with Gasteiger partial charge in [-0.15, -0.1) is 11.3 Å². The molecule has 3 amide bonds. The monoisotopic (exact) mass is 410 g/mol. The number of urea groups is 1. The molecule has 1 N–H and O–H groups in total. The second-order valence-corrected chi connectivity index (χ2v) is 8.11. The molecule has 1 aliphatic heterocycles. The highest BCUT2D eigenvalue weighted by molar-refractivity contribution is 7.21. The topological polar surface area (TPSA) is 66.5 Å². The Bertz CT molecular complexity index is 1140. The van der Waals surface area contributed by atoms with Crippen LogP contribution in [0.1, 0.15) is 34.1 Å². The third kappa shape index (κ3) is 3.02. The first-order chi connectivity index (χ1) is 13.9. The minimum absolute atomic E-state index is 0.279. The summed E-state index contributed by atoms with van der Waals surface area (Å²) in [7, 11) is 0. The number of amides is 3. The van der Waals surface area contributed by atoms with E-state index in [2.05, 4.69) is 5.32 Å². The molecule has 0 aliphatic carbocycles. The zero-order valence-corrected chi connectivity index (χ0v) is 16.8. The van der Waals surface area contributed by atoms with Gasteiger partial charge in [0.1, 0.15) is 11.4 Å². The van der Waals surface area contributed by atoms with Gasteiger partial charge in [-0.2, -0.15) is 0 Å². The Morgan fingerprint density at radius 3 is 2.48 bits per heavy atom. The summed E-state index contributed by atoms with van der Waals surface area (Å²) in [4.78, 5) is 40.2. The van der Waals surface area contributed by atoms with E-state index < -0.39 is 23.3 Å². The zero-order chi connectivity index (χ0) is 20.8. The number of hydrogen-bond donors (Lipinski definition) is 1. The van der Waals surface area contributed by atoms with Gasteiger partial charge in [-0.25, -0.2) is 9.18 Å². The number of fused-ring (bicyclic) bond motifs is 1. The number of nitrogens with zero attached hydrogens (tertiary/aromatic N) is 1. The fraction of sp³-hybridized carbons (Fsp3) is 0.227. The van der Waals surface area contributed by atoms with Crippen LogP contribution in [0.15, 0.2) is 48.5 Å². The van der Waals surface area contributed by atoms with Gasteiger partial charge in [0.2, 0.25) is 0 Å². The maximum Gasteiger partial charge on any atom is 0.325 e. The Hall–Kier alpha value is -3.06. The molecule has 1 atom stereocenters. The normalized spacial score (nSPS) is 19.1. The summed E-state index contributed by atoms with van der Waals surface area (Å²) < 4.78 is 14.3. The number of hydrogen-bond acceptors (Lipinski definition) is 4. The molecule has 29 heavy (non-hydrogen) atoms. The van der Waals surface area contributed by atoms with Crippen LogP contribution in [0.5, 0.6) is 0 Å². The fourth-order valence-electron chi connectivity index (χ4n) is 3.80. The molecule has 3 aromatic rings. The average Bonchev–Trinajstić information content (AvgIpc) is 3.18. The quantitative estimate of drug-likeness (QED) is 0.501. The maximum absolute atomic E-state index is 13.3. The molecule has 0 saturated carbocycles. The molecule has 5 nitrogen and oxygen atoms in total. The lowest BCUT2D eigenvalue weighted by atomic mass is 9.87. The Morgan fingerprint density at radius 2 is 1.83 bits per heavy atom. The SMILES string of the molecule is CCC1(c2ccc(F)cc2)NC(=O)N(CC(=O)c2sc3ccccc3c2C)C1=O. The van der Waals surface area contributed by atoms with Crippen molar-refractivity contribution in [2.45, 2.75) is 25.8 Å². The van der Waals surface area contributed by atoms with Crippen molar-refractivity contribution >= 4 is 39.1 Å². The Kier molecular flexibility index (Phi) is 4.70. The van der Waals surface area contributed by atoms with Gasteiger partial charge in [-0.3, -0.25) is 14.5 Å². The largest absolute Gasteiger partial charge is 0.325 e. The number of rotatable bonds is 5. The lowest BCUT2D eigenvalue weighted by Crippen LogP contribution is -2.43. The van der Waals surface area contributed by atoms with Crippen LogP contribution in [0.3, 0.4) is 0 Å². The number of carbonyl (C=O) groups is 3. The molecule has 148 valence electrons. The van der Waals surface area contributed by atoms with E-state index >= 15 is 0 Å². The molecule has 1 saturated heterocycles. The van der Waals surface area contributed by atoms with Crippen molar-refractivity contribution in [1.82, 2.24) is 10.2 Å². The van der Waals surface area contributed by atoms with Crippen molar-refractivity contribution in [3.05, 3.63) is 70.4 Å². The summed E-state index contributed by atoms with van der Waals surface area (Å²) in [6.07, 6.45) is 0.288. The Morgan fingerprint density at radius 1 is 1.14 bits per heavy atom. The molecular weight excluding hydrogens is 391 g/mol. The highest BCUT2D eigenvalue weighted by atomic mass is 32.1. The fourth-order valence-corrected chi connectivity index (χ4v) is 4.94. The first-order valence-electron chi connectivity index (χ1n) is 9.29. The lowest BCUT2D eigenvalue weighted by molar-refractivity contribution is -0.131. The van der Waals surface area contributed by atoms with Crippen LogP contribution in [-0.2, 0) is 10.3 Å². The third-order valence-corrected chi connectivity index (χ3v) is 6.76. The highest BCUT2D eigenvalue weighted by Gasteiger charge is 2.51. The van der Waals surface area contributed by atoms with Crippen molar-refractivity contribution in [2.75, 3.05) is 6.54 Å². The molecule has 1 aromatic heterocycles. The molecule has 4 rings (SSSR count). The van der Waals surface area contributed by atoms with Gasteiger partial charge < -0.3 is 5.32 Å². The molecule has 0 bridgehead atoms. The van der Waals surface area contributed by atoms with Gasteiger partial charge in [-0.1, -0.05) is 37.3 Å². The van der Waals surface area contributed by atoms with Crippen molar-refractivity contribution in [1.29, 1.82) is 0 Å². The molecule has 0 radical (unpaired) electrons. The molecule has 1 fully saturated rings. The van der Waals surface area contributed by atoms with Crippen molar-refractivity contribution < 1.29 is 18.8 Å². The smallest absolute Gasteiger partial charge is 0.319 e. The number of imide groups is 1. The van der Waals surface area contributed by atoms with Crippen molar-refractivity contribution in [3.63, 3.8) is 0 Å². The first kappa shape index (κ1) is 19.3. The van der Waals surface area contributed by atoms with Crippen LogP contribution in [0, 0.1) is 12.7 Å². The van der Waals surface area contributed by atoms with E-state index in [0.717, 1.165) is 20.5 Å². The summed E-state index contributed by atoms with van der Waals surface area (Å²) in [6, 6.07) is 12.6. The molecule has 7 heteroatoms. The molecule has 1 aliphatic rings. The van der Waals surface area contributed by atoms with Crippen LogP contribution in [-0.4, -0.2) is 29.2 Å². The van der Waals surface area contributed by atoms with Gasteiger partial charge >= 0.3 is 6.03 Å². The van der Waals surface area contributed by atoms with Crippen LogP contribution in [0.4, 0.5) is 9.18 Å². The number of ketones is 1. The summed E-state index contributed by atoms with van der Waals surface area (Å²) in [6.45, 7) is 3.30. The number of thiophene rings is 1. The minimum atomic E-state index is -1.29. The molecule has 2 aromatic carbocycles. The van der Waals surface area contributed by atoms with E-state index in [4.69, 9.17) is 0 Å². The average molecular weight is 410 g/mol. The molecule has 1 unspecified atom stereocenters. The van der Waals surface area contributed by atoms with E-state index in [9.17, 15) is 18.8 Å². The van der Waals surface area contributed by atoms with E-state index in [1.165, 1.54) is 35.6 Å². The standard InChI is InChI=1S/C22H19FN2O3S/c1-3-22(14-8-10-15(23)11-9-14)20(27)25(21(28)24-22)12-17(26)19-13(2)16-6-4-5-7-18(16)29-19/h4-11H,3,12H2,1-2H3,(H,24,28). The van der Waals surface area contributed by atoms with Crippen LogP contribution >= 0.6 is 11.3 Å². The van der Waals surface area contributed by atoms with Gasteiger partial charge in [0.15, 0.2) is 5.78 Å². The van der Waals surface area contributed by atoms with Crippen molar-refractivity contribution in [2.24, 2.45) is 0 Å². The molecule has 0 spiro atoms. The summed E-state index contributed by atoms with van der Waals surface area (Å²) in [5, 5.41) is 3.71. The Balaban J connectivity index is 1.64. The predicted octanol–water partition coefficient (Wildman–Crippen LogP) is 4.39. The number of aryl methyl sites for hydroxylation is 1. The molecular formula is C22H19FN2O3S. The van der Waals surface area contributed by atoms with Gasteiger partial charge in [-0.05, 0) is 48.1 Å². The zero-order valence-electron chi connectivity index (χ0n) is 16.0. The Labute approximate surface area is 171 Å². The predicted molar refractivity (Wildman–Crippen MR) is 110 cm³/mol. The maximum atomic E-state index is 13.3. The van der Waals surface area contributed by atoms with Gasteiger partial charge in [0.05, 0.1) is 11.4 Å².